The van der Waals surface area contributed by atoms with Gasteiger partial charge in [0.05, 0.1) is 6.04 Å². The van der Waals surface area contributed by atoms with Crippen LogP contribution in [0.4, 0.5) is 0 Å². The molecule has 1 unspecified atom stereocenters. The smallest absolute Gasteiger partial charge is 0.243 e. The molecule has 0 aliphatic carbocycles. The number of para-hydroxylation sites is 1. The predicted molar refractivity (Wildman–Crippen MR) is 65.2 cm³/mol. The van der Waals surface area contributed by atoms with Crippen molar-refractivity contribution in [2.24, 2.45) is 0 Å². The fraction of sp³-hybridized carbons (Fsp3) is 0.385. The molecule has 5 heteroatoms. The maximum absolute atomic E-state index is 9.69. The van der Waals surface area contributed by atoms with E-state index in [2.05, 4.69) is 15.5 Å². The molecule has 5 nitrogen and oxygen atoms in total. The summed E-state index contributed by atoms with van der Waals surface area (Å²) in [5, 5.41) is 17.0. The van der Waals surface area contributed by atoms with Crippen molar-refractivity contribution in [3.8, 4) is 5.75 Å². The van der Waals surface area contributed by atoms with Crippen molar-refractivity contribution in [2.75, 3.05) is 6.54 Å². The van der Waals surface area contributed by atoms with Crippen LogP contribution in [0.2, 0.25) is 0 Å². The zero-order valence-electron chi connectivity index (χ0n) is 9.97. The first-order valence-corrected chi connectivity index (χ1v) is 6.15. The predicted octanol–water partition coefficient (Wildman–Crippen LogP) is 1.79. The van der Waals surface area contributed by atoms with Gasteiger partial charge in [-0.3, -0.25) is 0 Å². The Balaban J connectivity index is 1.75. The van der Waals surface area contributed by atoms with Gasteiger partial charge in [-0.1, -0.05) is 23.4 Å². The molecule has 1 atom stereocenters. The normalized spacial score (nSPS) is 19.2. The second kappa shape index (κ2) is 4.78. The Morgan fingerprint density at radius 2 is 2.28 bits per heavy atom. The van der Waals surface area contributed by atoms with Gasteiger partial charge in [-0.2, -0.15) is 4.98 Å². The van der Waals surface area contributed by atoms with Crippen LogP contribution >= 0.6 is 0 Å². The molecule has 0 radical (unpaired) electrons. The number of nitrogens with zero attached hydrogens (tertiary/aromatic N) is 2. The summed E-state index contributed by atoms with van der Waals surface area (Å²) in [7, 11) is 0. The van der Waals surface area contributed by atoms with E-state index in [0.29, 0.717) is 18.1 Å². The van der Waals surface area contributed by atoms with Crippen LogP contribution in [-0.4, -0.2) is 21.8 Å². The number of hydrogen-bond acceptors (Lipinski definition) is 5. The molecule has 3 rings (SSSR count). The Kier molecular flexibility index (Phi) is 2.98. The van der Waals surface area contributed by atoms with E-state index in [9.17, 15) is 5.11 Å². The molecule has 0 saturated carbocycles. The monoisotopic (exact) mass is 245 g/mol. The Labute approximate surface area is 105 Å². The largest absolute Gasteiger partial charge is 0.508 e. The Morgan fingerprint density at radius 1 is 1.39 bits per heavy atom. The third kappa shape index (κ3) is 2.22. The standard InChI is InChI=1S/C13H15N3O2/c17-11-6-2-1-4-9(11)8-12-15-13(18-16-12)10-5-3-7-14-10/h1-2,4,6,10,14,17H,3,5,7-8H2. The molecule has 0 bridgehead atoms. The number of rotatable bonds is 3. The fourth-order valence-corrected chi connectivity index (χ4v) is 2.21. The van der Waals surface area contributed by atoms with Crippen molar-refractivity contribution in [1.29, 1.82) is 0 Å². The second-order valence-corrected chi connectivity index (χ2v) is 4.50. The number of nitrogens with one attached hydrogen (secondary N) is 1. The van der Waals surface area contributed by atoms with Gasteiger partial charge in [0.1, 0.15) is 5.75 Å². The summed E-state index contributed by atoms with van der Waals surface area (Å²) < 4.78 is 5.26. The molecule has 94 valence electrons. The summed E-state index contributed by atoms with van der Waals surface area (Å²) in [4.78, 5) is 4.38. The molecule has 1 aromatic carbocycles. The van der Waals surface area contributed by atoms with Crippen LogP contribution in [-0.2, 0) is 6.42 Å². The zero-order chi connectivity index (χ0) is 12.4. The minimum atomic E-state index is 0.190. The van der Waals surface area contributed by atoms with Crippen LogP contribution in [0.5, 0.6) is 5.75 Å². The van der Waals surface area contributed by atoms with Crippen molar-refractivity contribution >= 4 is 0 Å². The van der Waals surface area contributed by atoms with Gasteiger partial charge in [0, 0.05) is 12.0 Å². The highest BCUT2D eigenvalue weighted by molar-refractivity contribution is 5.33. The third-order valence-corrected chi connectivity index (χ3v) is 3.18. The molecular weight excluding hydrogens is 230 g/mol. The molecule has 1 aliphatic rings. The van der Waals surface area contributed by atoms with Crippen LogP contribution < -0.4 is 5.32 Å². The molecule has 2 heterocycles. The van der Waals surface area contributed by atoms with Gasteiger partial charge in [-0.25, -0.2) is 0 Å². The van der Waals surface area contributed by atoms with Crippen LogP contribution in [0.3, 0.4) is 0 Å². The lowest BCUT2D eigenvalue weighted by molar-refractivity contribution is 0.341. The molecule has 1 aromatic heterocycles. The van der Waals surface area contributed by atoms with Crippen molar-refractivity contribution < 1.29 is 9.63 Å². The maximum atomic E-state index is 9.69. The molecule has 1 aliphatic heterocycles. The van der Waals surface area contributed by atoms with E-state index in [1.54, 1.807) is 12.1 Å². The minimum absolute atomic E-state index is 0.190. The summed E-state index contributed by atoms with van der Waals surface area (Å²) in [5.41, 5.74) is 0.809. The Hall–Kier alpha value is -1.88. The molecular formula is C13H15N3O2. The fourth-order valence-electron chi connectivity index (χ4n) is 2.21. The third-order valence-electron chi connectivity index (χ3n) is 3.18. The maximum Gasteiger partial charge on any atom is 0.243 e. The van der Waals surface area contributed by atoms with E-state index in [-0.39, 0.29) is 11.8 Å². The van der Waals surface area contributed by atoms with E-state index in [1.807, 2.05) is 12.1 Å². The highest BCUT2D eigenvalue weighted by atomic mass is 16.5. The lowest BCUT2D eigenvalue weighted by Crippen LogP contribution is -2.13. The number of aromatic hydroxyl groups is 1. The number of hydrogen-bond donors (Lipinski definition) is 2. The van der Waals surface area contributed by atoms with Gasteiger partial charge in [-0.15, -0.1) is 0 Å². The number of phenols is 1. The van der Waals surface area contributed by atoms with E-state index in [1.165, 1.54) is 0 Å². The first kappa shape index (κ1) is 11.2. The Bertz CT molecular complexity index is 533. The molecule has 2 N–H and O–H groups in total. The zero-order valence-corrected chi connectivity index (χ0v) is 9.97. The van der Waals surface area contributed by atoms with Gasteiger partial charge in [0.2, 0.25) is 5.89 Å². The number of aromatic nitrogens is 2. The van der Waals surface area contributed by atoms with Crippen molar-refractivity contribution in [3.05, 3.63) is 41.5 Å². The van der Waals surface area contributed by atoms with Gasteiger partial charge in [-0.05, 0) is 25.5 Å². The molecule has 18 heavy (non-hydrogen) atoms. The van der Waals surface area contributed by atoms with Crippen molar-refractivity contribution in [1.82, 2.24) is 15.5 Å². The molecule has 0 amide bonds. The minimum Gasteiger partial charge on any atom is -0.508 e. The molecule has 2 aromatic rings. The van der Waals surface area contributed by atoms with E-state index in [4.69, 9.17) is 4.52 Å². The topological polar surface area (TPSA) is 71.2 Å². The summed E-state index contributed by atoms with van der Waals surface area (Å²) in [6.45, 7) is 1.00. The van der Waals surface area contributed by atoms with Crippen molar-refractivity contribution in [3.63, 3.8) is 0 Å². The lowest BCUT2D eigenvalue weighted by Gasteiger charge is -2.01. The second-order valence-electron chi connectivity index (χ2n) is 4.50. The SMILES string of the molecule is Oc1ccccc1Cc1noc(C2CCCN2)n1. The molecule has 1 saturated heterocycles. The number of phenolic OH excluding ortho intramolecular Hbond substituents is 1. The van der Waals surface area contributed by atoms with Gasteiger partial charge >= 0.3 is 0 Å². The summed E-state index contributed by atoms with van der Waals surface area (Å²) in [6.07, 6.45) is 2.67. The van der Waals surface area contributed by atoms with Crippen LogP contribution in [0, 0.1) is 0 Å². The average molecular weight is 245 g/mol. The van der Waals surface area contributed by atoms with Crippen LogP contribution in [0.25, 0.3) is 0 Å². The van der Waals surface area contributed by atoms with Crippen LogP contribution in [0.1, 0.15) is 36.2 Å². The van der Waals surface area contributed by atoms with Gasteiger partial charge in [0.25, 0.3) is 0 Å². The first-order valence-electron chi connectivity index (χ1n) is 6.15. The lowest BCUT2D eigenvalue weighted by atomic mass is 10.1. The van der Waals surface area contributed by atoms with Crippen molar-refractivity contribution in [2.45, 2.75) is 25.3 Å². The first-order chi connectivity index (χ1) is 8.83. The van der Waals surface area contributed by atoms with Gasteiger partial charge in [0.15, 0.2) is 5.82 Å². The summed E-state index contributed by atoms with van der Waals surface area (Å²) in [6, 6.07) is 7.39. The summed E-state index contributed by atoms with van der Waals surface area (Å²) >= 11 is 0. The molecule has 1 fully saturated rings. The highest BCUT2D eigenvalue weighted by Gasteiger charge is 2.22. The quantitative estimate of drug-likeness (QED) is 0.862. The van der Waals surface area contributed by atoms with E-state index in [0.717, 1.165) is 24.9 Å². The molecule has 0 spiro atoms. The van der Waals surface area contributed by atoms with E-state index < -0.39 is 0 Å². The highest BCUT2D eigenvalue weighted by Crippen LogP contribution is 2.23. The average Bonchev–Trinajstić information content (AvgIpc) is 3.02. The Morgan fingerprint density at radius 3 is 3.06 bits per heavy atom. The van der Waals surface area contributed by atoms with Gasteiger partial charge < -0.3 is 14.9 Å². The van der Waals surface area contributed by atoms with E-state index >= 15 is 0 Å². The number of benzene rings is 1. The summed E-state index contributed by atoms with van der Waals surface area (Å²) in [5.74, 6) is 1.53. The van der Waals surface area contributed by atoms with Crippen LogP contribution in [0.15, 0.2) is 28.8 Å².